The molecule has 168 valence electrons. The third-order valence-corrected chi connectivity index (χ3v) is 4.50. The van der Waals surface area contributed by atoms with E-state index in [1.165, 1.54) is 4.90 Å². The number of carbonyl (C=O) groups is 2. The summed E-state index contributed by atoms with van der Waals surface area (Å²) in [6.07, 6.45) is 0.905. The Labute approximate surface area is 195 Å². The zero-order chi connectivity index (χ0) is 23.6. The summed E-state index contributed by atoms with van der Waals surface area (Å²) in [7, 11) is 0. The molecule has 0 radical (unpaired) electrons. The number of benzene rings is 2. The quantitative estimate of drug-likeness (QED) is 0.220. The van der Waals surface area contributed by atoms with Crippen molar-refractivity contribution in [3.63, 3.8) is 0 Å². The first-order valence-electron chi connectivity index (χ1n) is 9.71. The van der Waals surface area contributed by atoms with Crippen molar-refractivity contribution in [3.8, 4) is 11.6 Å². The Balaban J connectivity index is 1.81. The number of rotatable bonds is 8. The van der Waals surface area contributed by atoms with E-state index >= 15 is 0 Å². The van der Waals surface area contributed by atoms with Crippen molar-refractivity contribution < 1.29 is 19.4 Å². The molecule has 10 heteroatoms. The number of hydrogen-bond acceptors (Lipinski definition) is 6. The van der Waals surface area contributed by atoms with Crippen LogP contribution in [0.3, 0.4) is 0 Å². The van der Waals surface area contributed by atoms with E-state index in [0.717, 1.165) is 5.56 Å². The van der Waals surface area contributed by atoms with Crippen molar-refractivity contribution in [3.05, 3.63) is 83.5 Å². The number of anilines is 1. The highest BCUT2D eigenvalue weighted by Crippen LogP contribution is 2.22. The highest BCUT2D eigenvalue weighted by Gasteiger charge is 2.23. The van der Waals surface area contributed by atoms with Crippen LogP contribution in [0.25, 0.3) is 0 Å². The summed E-state index contributed by atoms with van der Waals surface area (Å²) in [5.41, 5.74) is 1.28. The lowest BCUT2D eigenvalue weighted by molar-refractivity contribution is -0.142. The molecule has 3 aromatic rings. The van der Waals surface area contributed by atoms with Crippen molar-refractivity contribution in [2.24, 2.45) is 10.2 Å². The number of hydrogen-bond donors (Lipinski definition) is 2. The third-order valence-electron chi connectivity index (χ3n) is 4.25. The highest BCUT2D eigenvalue weighted by atomic mass is 35.5. The lowest BCUT2D eigenvalue weighted by Gasteiger charge is -2.24. The van der Waals surface area contributed by atoms with Crippen molar-refractivity contribution in [1.29, 1.82) is 0 Å². The number of aromatic nitrogens is 1. The molecule has 0 unspecified atom stereocenters. The van der Waals surface area contributed by atoms with Crippen molar-refractivity contribution in [1.82, 2.24) is 9.88 Å². The Morgan fingerprint density at radius 3 is 2.42 bits per heavy atom. The fraction of sp³-hybridized carbons (Fsp3) is 0.0870. The van der Waals surface area contributed by atoms with Crippen molar-refractivity contribution in [2.45, 2.75) is 13.0 Å². The molecule has 0 aliphatic rings. The minimum atomic E-state index is -1.26. The van der Waals surface area contributed by atoms with Gasteiger partial charge in [-0.3, -0.25) is 14.5 Å². The smallest absolute Gasteiger partial charge is 0.312 e. The maximum absolute atomic E-state index is 12.7. The molecule has 3 rings (SSSR count). The van der Waals surface area contributed by atoms with Crippen LogP contribution in [0.2, 0.25) is 5.02 Å². The lowest BCUT2D eigenvalue weighted by atomic mass is 10.2. The molecule has 9 nitrogen and oxygen atoms in total. The molecule has 1 aromatic heterocycles. The minimum absolute atomic E-state index is 0.0181. The summed E-state index contributed by atoms with van der Waals surface area (Å²) in [5.74, 6) is -0.917. The van der Waals surface area contributed by atoms with E-state index in [0.29, 0.717) is 22.3 Å². The van der Waals surface area contributed by atoms with Crippen LogP contribution in [0.4, 0.5) is 5.69 Å². The summed E-state index contributed by atoms with van der Waals surface area (Å²) in [6, 6.07) is 19.0. The van der Waals surface area contributed by atoms with Crippen molar-refractivity contribution in [2.75, 3.05) is 5.32 Å². The molecule has 0 fully saturated rings. The first-order valence-corrected chi connectivity index (χ1v) is 10.1. The largest absolute Gasteiger partial charge is 0.481 e. The number of amides is 1. The van der Waals surface area contributed by atoms with Gasteiger partial charge < -0.3 is 15.2 Å². The second kappa shape index (κ2) is 11.4. The molecule has 0 atom stereocenters. The zero-order valence-electron chi connectivity index (χ0n) is 17.4. The van der Waals surface area contributed by atoms with Crippen molar-refractivity contribution >= 4 is 41.8 Å². The Kier molecular flexibility index (Phi) is 8.09. The molecule has 33 heavy (non-hydrogen) atoms. The van der Waals surface area contributed by atoms with E-state index in [9.17, 15) is 9.59 Å². The Bertz CT molecular complexity index is 1140. The molecule has 2 aromatic carbocycles. The van der Waals surface area contributed by atoms with E-state index in [1.54, 1.807) is 66.9 Å². The van der Waals surface area contributed by atoms with E-state index < -0.39 is 18.3 Å². The standard InChI is InChI=1S/C23H20ClN5O4/c1-25-28-23(27-18-9-11-19(12-10-18)33-20-4-2-3-13-26-20)29(21(30)14-22(31)32)15-16-5-7-17(24)8-6-16/h2-13H,1,14-15H2,(H,27,28)(H,31,32). The molecule has 0 saturated carbocycles. The Morgan fingerprint density at radius 2 is 1.82 bits per heavy atom. The van der Waals surface area contributed by atoms with Gasteiger partial charge in [0.25, 0.3) is 0 Å². The zero-order valence-corrected chi connectivity index (χ0v) is 18.1. The van der Waals surface area contributed by atoms with Gasteiger partial charge >= 0.3 is 5.97 Å². The van der Waals surface area contributed by atoms with Gasteiger partial charge in [0.15, 0.2) is 0 Å². The number of carboxylic acids is 1. The number of pyridine rings is 1. The lowest BCUT2D eigenvalue weighted by Crippen LogP contribution is -2.41. The summed E-state index contributed by atoms with van der Waals surface area (Å²) >= 11 is 5.93. The van der Waals surface area contributed by atoms with E-state index in [-0.39, 0.29) is 12.5 Å². The number of carboxylic acid groups (broad SMARTS) is 1. The second-order valence-corrected chi connectivity index (χ2v) is 7.10. The highest BCUT2D eigenvalue weighted by molar-refractivity contribution is 6.30. The van der Waals surface area contributed by atoms with Gasteiger partial charge in [-0.25, -0.2) is 4.98 Å². The predicted octanol–water partition coefficient (Wildman–Crippen LogP) is 4.41. The van der Waals surface area contributed by atoms with Crippen LogP contribution in [0.1, 0.15) is 12.0 Å². The molecule has 0 saturated heterocycles. The summed E-state index contributed by atoms with van der Waals surface area (Å²) in [5, 5.41) is 20.1. The number of carbonyl (C=O) groups excluding carboxylic acids is 1. The predicted molar refractivity (Wildman–Crippen MR) is 126 cm³/mol. The number of ether oxygens (including phenoxy) is 1. The molecule has 1 amide bonds. The maximum atomic E-state index is 12.7. The van der Waals surface area contributed by atoms with Gasteiger partial charge in [0.1, 0.15) is 12.2 Å². The molecule has 2 N–H and O–H groups in total. The topological polar surface area (TPSA) is 116 Å². The number of guanidine groups is 1. The monoisotopic (exact) mass is 465 g/mol. The Morgan fingerprint density at radius 1 is 1.09 bits per heavy atom. The second-order valence-electron chi connectivity index (χ2n) is 6.66. The molecule has 0 aliphatic heterocycles. The molecular weight excluding hydrogens is 446 g/mol. The Hall–Kier alpha value is -4.24. The van der Waals surface area contributed by atoms with Gasteiger partial charge in [0, 0.05) is 29.7 Å². The van der Waals surface area contributed by atoms with E-state index in [1.807, 2.05) is 6.07 Å². The molecule has 1 heterocycles. The molecule has 0 aliphatic carbocycles. The number of nitrogens with zero attached hydrogens (tertiary/aromatic N) is 4. The van der Waals surface area contributed by atoms with Crippen LogP contribution < -0.4 is 10.1 Å². The number of aliphatic carboxylic acids is 1. The van der Waals surface area contributed by atoms with Crippen LogP contribution in [0, 0.1) is 0 Å². The average molecular weight is 466 g/mol. The third kappa shape index (κ3) is 7.15. The van der Waals surface area contributed by atoms with Gasteiger partial charge in [-0.1, -0.05) is 29.8 Å². The maximum Gasteiger partial charge on any atom is 0.312 e. The van der Waals surface area contributed by atoms with Gasteiger partial charge in [0.2, 0.25) is 17.7 Å². The fourth-order valence-corrected chi connectivity index (χ4v) is 2.88. The normalized spacial score (nSPS) is 10.9. The number of nitrogens with one attached hydrogen (secondary N) is 1. The van der Waals surface area contributed by atoms with Gasteiger partial charge in [-0.2, -0.15) is 5.10 Å². The summed E-state index contributed by atoms with van der Waals surface area (Å²) in [6.45, 7) is 3.40. The van der Waals surface area contributed by atoms with Gasteiger partial charge in [-0.05, 0) is 48.0 Å². The van der Waals surface area contributed by atoms with E-state index in [2.05, 4.69) is 27.2 Å². The number of halogens is 1. The van der Waals surface area contributed by atoms with Crippen LogP contribution >= 0.6 is 11.6 Å². The molecular formula is C23H20ClN5O4. The van der Waals surface area contributed by atoms with Gasteiger partial charge in [-0.15, -0.1) is 5.10 Å². The first-order chi connectivity index (χ1) is 15.9. The van der Waals surface area contributed by atoms with E-state index in [4.69, 9.17) is 21.4 Å². The SMILES string of the molecule is C=N/N=C(/Nc1ccc(Oc2ccccn2)cc1)N(Cc1ccc(Cl)cc1)C(=O)CC(=O)O. The fourth-order valence-electron chi connectivity index (χ4n) is 2.76. The minimum Gasteiger partial charge on any atom is -0.481 e. The van der Waals surface area contributed by atoms with Gasteiger partial charge in [0.05, 0.1) is 6.54 Å². The van der Waals surface area contributed by atoms with Crippen LogP contribution in [-0.4, -0.2) is 39.5 Å². The molecule has 0 spiro atoms. The van der Waals surface area contributed by atoms with Crippen LogP contribution in [-0.2, 0) is 16.1 Å². The first kappa shape index (κ1) is 23.4. The van der Waals surface area contributed by atoms with Crippen LogP contribution in [0.15, 0.2) is 83.1 Å². The average Bonchev–Trinajstić information content (AvgIpc) is 2.80. The summed E-state index contributed by atoms with van der Waals surface area (Å²) in [4.78, 5) is 29.1. The molecule has 0 bridgehead atoms. The van der Waals surface area contributed by atoms with Crippen LogP contribution in [0.5, 0.6) is 11.6 Å². The summed E-state index contributed by atoms with van der Waals surface area (Å²) < 4.78 is 5.67.